The highest BCUT2D eigenvalue weighted by molar-refractivity contribution is 5.35. The first kappa shape index (κ1) is 9.00. The van der Waals surface area contributed by atoms with Crippen LogP contribution in [-0.4, -0.2) is 23.8 Å². The van der Waals surface area contributed by atoms with Gasteiger partial charge in [-0.05, 0) is 24.5 Å². The van der Waals surface area contributed by atoms with Crippen molar-refractivity contribution in [2.24, 2.45) is 0 Å². The number of pyridine rings is 1. The summed E-state index contributed by atoms with van der Waals surface area (Å²) in [7, 11) is 1.62. The number of rotatable bonds is 3. The van der Waals surface area contributed by atoms with Gasteiger partial charge in [0.1, 0.15) is 5.75 Å². The molecule has 0 saturated carbocycles. The minimum atomic E-state index is 0.148. The number of hydrogen-bond acceptors (Lipinski definition) is 3. The predicted octanol–water partition coefficient (Wildman–Crippen LogP) is 0.933. The van der Waals surface area contributed by atoms with E-state index in [0.717, 1.165) is 16.9 Å². The summed E-state index contributed by atoms with van der Waals surface area (Å²) in [4.78, 5) is 4.00. The number of aliphatic hydroxyl groups excluding tert-OH is 1. The van der Waals surface area contributed by atoms with Gasteiger partial charge in [0.25, 0.3) is 0 Å². The van der Waals surface area contributed by atoms with Crippen LogP contribution in [0, 0.1) is 6.92 Å². The van der Waals surface area contributed by atoms with Gasteiger partial charge in [0.2, 0.25) is 0 Å². The van der Waals surface area contributed by atoms with Crippen LogP contribution in [0.5, 0.6) is 5.75 Å². The summed E-state index contributed by atoms with van der Waals surface area (Å²) in [6.07, 6.45) is 4.07. The van der Waals surface area contributed by atoms with Crippen LogP contribution < -0.4 is 4.74 Å². The second-order valence-corrected chi connectivity index (χ2v) is 2.60. The largest absolute Gasteiger partial charge is 0.495 e. The molecule has 0 aliphatic carbocycles. The molecule has 1 rings (SSSR count). The van der Waals surface area contributed by atoms with Gasteiger partial charge in [-0.2, -0.15) is 0 Å². The third kappa shape index (κ3) is 1.74. The Kier molecular flexibility index (Phi) is 3.05. The van der Waals surface area contributed by atoms with Crippen LogP contribution in [-0.2, 0) is 6.42 Å². The molecule has 12 heavy (non-hydrogen) atoms. The van der Waals surface area contributed by atoms with E-state index in [9.17, 15) is 0 Å². The van der Waals surface area contributed by atoms with Crippen LogP contribution in [0.25, 0.3) is 0 Å². The normalized spacial score (nSPS) is 9.92. The van der Waals surface area contributed by atoms with E-state index in [1.165, 1.54) is 0 Å². The lowest BCUT2D eigenvalue weighted by Crippen LogP contribution is -1.97. The average Bonchev–Trinajstić information content (AvgIpc) is 2.09. The highest BCUT2D eigenvalue weighted by Crippen LogP contribution is 2.19. The zero-order valence-electron chi connectivity index (χ0n) is 7.37. The molecular formula is C9H13NO2. The second kappa shape index (κ2) is 4.07. The molecule has 0 aliphatic heterocycles. The molecule has 0 atom stereocenters. The molecule has 3 heteroatoms. The predicted molar refractivity (Wildman–Crippen MR) is 46.3 cm³/mol. The summed E-state index contributed by atoms with van der Waals surface area (Å²) in [5.41, 5.74) is 2.10. The van der Waals surface area contributed by atoms with Crippen molar-refractivity contribution in [3.63, 3.8) is 0 Å². The molecule has 1 aromatic heterocycles. The van der Waals surface area contributed by atoms with Gasteiger partial charge in [-0.1, -0.05) is 0 Å². The first-order valence-corrected chi connectivity index (χ1v) is 3.88. The van der Waals surface area contributed by atoms with E-state index in [1.54, 1.807) is 19.5 Å². The third-order valence-corrected chi connectivity index (χ3v) is 1.87. The van der Waals surface area contributed by atoms with Crippen LogP contribution in [0.2, 0.25) is 0 Å². The summed E-state index contributed by atoms with van der Waals surface area (Å²) in [5, 5.41) is 8.74. The summed E-state index contributed by atoms with van der Waals surface area (Å²) in [6.45, 7) is 2.11. The first-order chi connectivity index (χ1) is 5.79. The van der Waals surface area contributed by atoms with Crippen molar-refractivity contribution in [1.82, 2.24) is 4.98 Å². The zero-order valence-corrected chi connectivity index (χ0v) is 7.37. The molecule has 3 nitrogen and oxygen atoms in total. The maximum atomic E-state index is 8.74. The minimum absolute atomic E-state index is 0.148. The number of nitrogens with zero attached hydrogens (tertiary/aromatic N) is 1. The Bertz CT molecular complexity index is 261. The van der Waals surface area contributed by atoms with Gasteiger partial charge in [-0.15, -0.1) is 0 Å². The van der Waals surface area contributed by atoms with Gasteiger partial charge < -0.3 is 9.84 Å². The molecule has 0 aromatic carbocycles. The van der Waals surface area contributed by atoms with Crippen molar-refractivity contribution in [3.05, 3.63) is 23.5 Å². The number of aromatic nitrogens is 1. The summed E-state index contributed by atoms with van der Waals surface area (Å²) < 4.78 is 5.09. The molecule has 1 aromatic rings. The summed E-state index contributed by atoms with van der Waals surface area (Å²) >= 11 is 0. The van der Waals surface area contributed by atoms with E-state index in [1.807, 2.05) is 6.92 Å². The van der Waals surface area contributed by atoms with Crippen LogP contribution in [0.15, 0.2) is 12.4 Å². The fraction of sp³-hybridized carbons (Fsp3) is 0.444. The maximum Gasteiger partial charge on any atom is 0.140 e. The number of methoxy groups -OCH3 is 1. The van der Waals surface area contributed by atoms with Crippen molar-refractivity contribution in [1.29, 1.82) is 0 Å². The van der Waals surface area contributed by atoms with Crippen molar-refractivity contribution >= 4 is 0 Å². The summed E-state index contributed by atoms with van der Waals surface area (Å²) in [5.74, 6) is 0.779. The fourth-order valence-corrected chi connectivity index (χ4v) is 1.13. The summed E-state index contributed by atoms with van der Waals surface area (Å²) in [6, 6.07) is 0. The lowest BCUT2D eigenvalue weighted by atomic mass is 10.1. The van der Waals surface area contributed by atoms with Gasteiger partial charge in [-0.3, -0.25) is 4.98 Å². The standard InChI is InChI=1S/C9H13NO2/c1-7-8(3-4-11)5-10-6-9(7)12-2/h5-6,11H,3-4H2,1-2H3. The Morgan fingerprint density at radius 3 is 2.83 bits per heavy atom. The van der Waals surface area contributed by atoms with Crippen molar-refractivity contribution in [2.75, 3.05) is 13.7 Å². The lowest BCUT2D eigenvalue weighted by Gasteiger charge is -2.07. The van der Waals surface area contributed by atoms with Crippen molar-refractivity contribution in [2.45, 2.75) is 13.3 Å². The van der Waals surface area contributed by atoms with E-state index >= 15 is 0 Å². The molecule has 1 heterocycles. The molecule has 1 N–H and O–H groups in total. The molecule has 0 fully saturated rings. The Balaban J connectivity index is 2.97. The SMILES string of the molecule is COc1cncc(CCO)c1C. The van der Waals surface area contributed by atoms with Crippen LogP contribution in [0.3, 0.4) is 0 Å². The molecule has 0 radical (unpaired) electrons. The van der Waals surface area contributed by atoms with E-state index < -0.39 is 0 Å². The smallest absolute Gasteiger partial charge is 0.140 e. The van der Waals surface area contributed by atoms with E-state index in [0.29, 0.717) is 6.42 Å². The molecule has 0 saturated heterocycles. The Labute approximate surface area is 72.0 Å². The molecule has 0 unspecified atom stereocenters. The Morgan fingerprint density at radius 1 is 1.50 bits per heavy atom. The van der Waals surface area contributed by atoms with Crippen molar-refractivity contribution < 1.29 is 9.84 Å². The van der Waals surface area contributed by atoms with E-state index in [-0.39, 0.29) is 6.61 Å². The van der Waals surface area contributed by atoms with Gasteiger partial charge in [0, 0.05) is 12.8 Å². The molecule has 0 aliphatic rings. The van der Waals surface area contributed by atoms with Gasteiger partial charge in [0.15, 0.2) is 0 Å². The van der Waals surface area contributed by atoms with Gasteiger partial charge >= 0.3 is 0 Å². The zero-order chi connectivity index (χ0) is 8.97. The lowest BCUT2D eigenvalue weighted by molar-refractivity contribution is 0.299. The van der Waals surface area contributed by atoms with Gasteiger partial charge in [-0.25, -0.2) is 0 Å². The maximum absolute atomic E-state index is 8.74. The highest BCUT2D eigenvalue weighted by atomic mass is 16.5. The van der Waals surface area contributed by atoms with Crippen LogP contribution in [0.1, 0.15) is 11.1 Å². The Hall–Kier alpha value is -1.09. The number of ether oxygens (including phenoxy) is 1. The molecule has 0 amide bonds. The van der Waals surface area contributed by atoms with Crippen molar-refractivity contribution in [3.8, 4) is 5.75 Å². The third-order valence-electron chi connectivity index (χ3n) is 1.87. The van der Waals surface area contributed by atoms with Crippen LogP contribution in [0.4, 0.5) is 0 Å². The molecule has 66 valence electrons. The van der Waals surface area contributed by atoms with E-state index in [4.69, 9.17) is 9.84 Å². The quantitative estimate of drug-likeness (QED) is 0.728. The average molecular weight is 167 g/mol. The second-order valence-electron chi connectivity index (χ2n) is 2.60. The van der Waals surface area contributed by atoms with Crippen LogP contribution >= 0.6 is 0 Å². The fourth-order valence-electron chi connectivity index (χ4n) is 1.13. The molecular weight excluding hydrogens is 154 g/mol. The van der Waals surface area contributed by atoms with E-state index in [2.05, 4.69) is 4.98 Å². The van der Waals surface area contributed by atoms with Gasteiger partial charge in [0.05, 0.1) is 13.3 Å². The number of hydrogen-bond donors (Lipinski definition) is 1. The molecule has 0 bridgehead atoms. The highest BCUT2D eigenvalue weighted by Gasteiger charge is 2.03. The topological polar surface area (TPSA) is 42.4 Å². The number of aliphatic hydroxyl groups is 1. The minimum Gasteiger partial charge on any atom is -0.495 e. The monoisotopic (exact) mass is 167 g/mol. The first-order valence-electron chi connectivity index (χ1n) is 3.88. The Morgan fingerprint density at radius 2 is 2.25 bits per heavy atom. The molecule has 0 spiro atoms.